The first-order chi connectivity index (χ1) is 11.6. The molecule has 2 amide bonds. The molecule has 0 aromatic heterocycles. The van der Waals surface area contributed by atoms with E-state index in [1.807, 2.05) is 48.3 Å². The summed E-state index contributed by atoms with van der Waals surface area (Å²) in [5, 5.41) is 0. The van der Waals surface area contributed by atoms with Gasteiger partial charge in [-0.25, -0.2) is 0 Å². The minimum Gasteiger partial charge on any atom is -0.477 e. The zero-order valence-corrected chi connectivity index (χ0v) is 13.4. The summed E-state index contributed by atoms with van der Waals surface area (Å²) < 4.78 is 5.58. The Labute approximate surface area is 140 Å². The molecule has 6 heteroatoms. The van der Waals surface area contributed by atoms with Gasteiger partial charge in [-0.2, -0.15) is 0 Å². The molecule has 3 rings (SSSR count). The van der Waals surface area contributed by atoms with E-state index in [1.54, 1.807) is 23.1 Å². The molecule has 124 valence electrons. The zero-order chi connectivity index (χ0) is 17.1. The van der Waals surface area contributed by atoms with Crippen LogP contribution in [0.15, 0.2) is 54.6 Å². The van der Waals surface area contributed by atoms with E-state index in [1.165, 1.54) is 0 Å². The maximum absolute atomic E-state index is 12.8. The number of nitrogens with zero attached hydrogens (tertiary/aromatic N) is 2. The standard InChI is InChI=1S/C18H19N3O3/c1-20(13-7-3-2-4-8-13)12-17(22)21-11-16(18(19)23)24-15-10-6-5-9-14(15)21/h2-10,16H,11-12H2,1H3,(H2,19,23)/t16-/m0/s1. The predicted molar refractivity (Wildman–Crippen MR) is 92.1 cm³/mol. The molecule has 0 saturated heterocycles. The number of carbonyl (C=O) groups excluding carboxylic acids is 2. The third-order valence-electron chi connectivity index (χ3n) is 3.96. The average Bonchev–Trinajstić information content (AvgIpc) is 2.61. The van der Waals surface area contributed by atoms with Crippen LogP contribution in [-0.2, 0) is 9.59 Å². The molecular weight excluding hydrogens is 306 g/mol. The number of primary amides is 1. The van der Waals surface area contributed by atoms with E-state index in [4.69, 9.17) is 10.5 Å². The third-order valence-corrected chi connectivity index (χ3v) is 3.96. The Morgan fingerprint density at radius 3 is 2.54 bits per heavy atom. The number of para-hydroxylation sites is 3. The Morgan fingerprint density at radius 2 is 1.83 bits per heavy atom. The molecule has 0 unspecified atom stereocenters. The summed E-state index contributed by atoms with van der Waals surface area (Å²) in [6.07, 6.45) is -0.842. The lowest BCUT2D eigenvalue weighted by molar-refractivity contribution is -0.125. The monoisotopic (exact) mass is 325 g/mol. The molecule has 2 N–H and O–H groups in total. The summed E-state index contributed by atoms with van der Waals surface area (Å²) in [5.74, 6) is -0.217. The number of likely N-dealkylation sites (N-methyl/N-ethyl adjacent to an activating group) is 1. The van der Waals surface area contributed by atoms with Crippen LogP contribution in [0.1, 0.15) is 0 Å². The molecule has 0 saturated carbocycles. The number of ether oxygens (including phenoxy) is 1. The van der Waals surface area contributed by atoms with Crippen LogP contribution in [0.4, 0.5) is 11.4 Å². The number of hydrogen-bond donors (Lipinski definition) is 1. The molecule has 1 heterocycles. The number of fused-ring (bicyclic) bond motifs is 1. The van der Waals surface area contributed by atoms with Gasteiger partial charge in [-0.3, -0.25) is 9.59 Å². The summed E-state index contributed by atoms with van der Waals surface area (Å²) in [6, 6.07) is 16.8. The maximum atomic E-state index is 12.8. The smallest absolute Gasteiger partial charge is 0.260 e. The molecule has 0 fully saturated rings. The first kappa shape index (κ1) is 15.9. The minimum atomic E-state index is -0.842. The van der Waals surface area contributed by atoms with Gasteiger partial charge in [0.15, 0.2) is 6.10 Å². The van der Waals surface area contributed by atoms with E-state index >= 15 is 0 Å². The van der Waals surface area contributed by atoms with E-state index < -0.39 is 12.0 Å². The number of anilines is 2. The highest BCUT2D eigenvalue weighted by atomic mass is 16.5. The SMILES string of the molecule is CN(CC(=O)N1C[C@@H](C(N)=O)Oc2ccccc21)c1ccccc1. The molecule has 0 radical (unpaired) electrons. The fourth-order valence-corrected chi connectivity index (χ4v) is 2.68. The summed E-state index contributed by atoms with van der Waals surface area (Å²) in [5.41, 5.74) is 6.96. The molecule has 6 nitrogen and oxygen atoms in total. The van der Waals surface area contributed by atoms with Crippen LogP contribution in [0.25, 0.3) is 0 Å². The normalized spacial score (nSPS) is 16.0. The molecule has 0 bridgehead atoms. The van der Waals surface area contributed by atoms with E-state index in [9.17, 15) is 9.59 Å². The average molecular weight is 325 g/mol. The topological polar surface area (TPSA) is 75.9 Å². The van der Waals surface area contributed by atoms with Crippen molar-refractivity contribution in [2.24, 2.45) is 5.73 Å². The quantitative estimate of drug-likeness (QED) is 0.922. The van der Waals surface area contributed by atoms with E-state index in [-0.39, 0.29) is 19.0 Å². The lowest BCUT2D eigenvalue weighted by Gasteiger charge is -2.34. The Balaban J connectivity index is 1.82. The van der Waals surface area contributed by atoms with Gasteiger partial charge in [-0.1, -0.05) is 30.3 Å². The van der Waals surface area contributed by atoms with Gasteiger partial charge in [0.25, 0.3) is 5.91 Å². The van der Waals surface area contributed by atoms with Gasteiger partial charge in [0.05, 0.1) is 18.8 Å². The van der Waals surface area contributed by atoms with Crippen molar-refractivity contribution in [3.05, 3.63) is 54.6 Å². The molecule has 0 aliphatic carbocycles. The molecule has 24 heavy (non-hydrogen) atoms. The van der Waals surface area contributed by atoms with Crippen molar-refractivity contribution in [1.29, 1.82) is 0 Å². The van der Waals surface area contributed by atoms with E-state index in [0.29, 0.717) is 11.4 Å². The van der Waals surface area contributed by atoms with Crippen molar-refractivity contribution >= 4 is 23.2 Å². The van der Waals surface area contributed by atoms with Crippen LogP contribution in [0.2, 0.25) is 0 Å². The van der Waals surface area contributed by atoms with Gasteiger partial charge in [0.2, 0.25) is 5.91 Å². The van der Waals surface area contributed by atoms with Crippen LogP contribution >= 0.6 is 0 Å². The number of hydrogen-bond acceptors (Lipinski definition) is 4. The van der Waals surface area contributed by atoms with Crippen molar-refractivity contribution in [3.8, 4) is 5.75 Å². The van der Waals surface area contributed by atoms with Gasteiger partial charge in [0.1, 0.15) is 5.75 Å². The van der Waals surface area contributed by atoms with E-state index in [0.717, 1.165) is 5.69 Å². The van der Waals surface area contributed by atoms with Crippen molar-refractivity contribution in [2.45, 2.75) is 6.10 Å². The van der Waals surface area contributed by atoms with Gasteiger partial charge < -0.3 is 20.3 Å². The number of carbonyl (C=O) groups is 2. The van der Waals surface area contributed by atoms with E-state index in [2.05, 4.69) is 0 Å². The number of rotatable bonds is 4. The zero-order valence-electron chi connectivity index (χ0n) is 13.4. The number of amides is 2. The Morgan fingerprint density at radius 1 is 1.17 bits per heavy atom. The van der Waals surface area contributed by atoms with Crippen LogP contribution in [0.3, 0.4) is 0 Å². The highest BCUT2D eigenvalue weighted by molar-refractivity contribution is 5.99. The highest BCUT2D eigenvalue weighted by Crippen LogP contribution is 2.33. The molecule has 1 aliphatic heterocycles. The van der Waals surface area contributed by atoms with Gasteiger partial charge in [-0.05, 0) is 24.3 Å². The van der Waals surface area contributed by atoms with Crippen molar-refractivity contribution in [3.63, 3.8) is 0 Å². The van der Waals surface area contributed by atoms with Crippen LogP contribution < -0.4 is 20.3 Å². The van der Waals surface area contributed by atoms with Crippen molar-refractivity contribution in [1.82, 2.24) is 0 Å². The van der Waals surface area contributed by atoms with Crippen molar-refractivity contribution in [2.75, 3.05) is 29.9 Å². The van der Waals surface area contributed by atoms with Gasteiger partial charge in [-0.15, -0.1) is 0 Å². The summed E-state index contributed by atoms with van der Waals surface area (Å²) in [7, 11) is 1.85. The molecular formula is C18H19N3O3. The molecule has 2 aromatic carbocycles. The highest BCUT2D eigenvalue weighted by Gasteiger charge is 2.32. The third kappa shape index (κ3) is 3.17. The summed E-state index contributed by atoms with van der Waals surface area (Å²) in [4.78, 5) is 27.7. The largest absolute Gasteiger partial charge is 0.477 e. The Kier molecular flexibility index (Phi) is 4.37. The first-order valence-corrected chi connectivity index (χ1v) is 7.68. The van der Waals surface area contributed by atoms with Gasteiger partial charge in [0, 0.05) is 12.7 Å². The Hall–Kier alpha value is -3.02. The number of nitrogens with two attached hydrogens (primary N) is 1. The van der Waals surface area contributed by atoms with Crippen LogP contribution in [0, 0.1) is 0 Å². The fourth-order valence-electron chi connectivity index (χ4n) is 2.68. The Bertz CT molecular complexity index is 748. The molecule has 1 atom stereocenters. The van der Waals surface area contributed by atoms with Crippen molar-refractivity contribution < 1.29 is 14.3 Å². The van der Waals surface area contributed by atoms with Gasteiger partial charge >= 0.3 is 0 Å². The molecule has 0 spiro atoms. The molecule has 2 aromatic rings. The lowest BCUT2D eigenvalue weighted by Crippen LogP contribution is -2.51. The second-order valence-electron chi connectivity index (χ2n) is 5.67. The summed E-state index contributed by atoms with van der Waals surface area (Å²) >= 11 is 0. The minimum absolute atomic E-state index is 0.119. The maximum Gasteiger partial charge on any atom is 0.260 e. The van der Waals surface area contributed by atoms with Crippen LogP contribution in [-0.4, -0.2) is 38.1 Å². The second kappa shape index (κ2) is 6.62. The fraction of sp³-hybridized carbons (Fsp3) is 0.222. The number of benzene rings is 2. The molecule has 1 aliphatic rings. The van der Waals surface area contributed by atoms with Crippen LogP contribution in [0.5, 0.6) is 5.75 Å². The first-order valence-electron chi connectivity index (χ1n) is 7.68. The summed E-state index contributed by atoms with van der Waals surface area (Å²) in [6.45, 7) is 0.303. The lowest BCUT2D eigenvalue weighted by atomic mass is 10.1. The predicted octanol–water partition coefficient (Wildman–Crippen LogP) is 1.40. The second-order valence-corrected chi connectivity index (χ2v) is 5.67.